The Morgan fingerprint density at radius 2 is 1.94 bits per heavy atom. The molecule has 1 aromatic rings. The Bertz CT molecular complexity index is 916. The maximum atomic E-state index is 12.9. The van der Waals surface area contributed by atoms with Gasteiger partial charge in [0.1, 0.15) is 17.4 Å². The Balaban J connectivity index is 2.19. The summed E-state index contributed by atoms with van der Waals surface area (Å²) < 4.78 is 44.4. The van der Waals surface area contributed by atoms with Crippen molar-refractivity contribution in [3.05, 3.63) is 81.8 Å². The number of halogens is 5. The van der Waals surface area contributed by atoms with Gasteiger partial charge in [-0.15, -0.1) is 23.4 Å². The number of alkyl halides is 4. The van der Waals surface area contributed by atoms with Gasteiger partial charge in [0.15, 0.2) is 0 Å². The van der Waals surface area contributed by atoms with Gasteiger partial charge in [0.05, 0.1) is 5.56 Å². The van der Waals surface area contributed by atoms with Crippen LogP contribution in [0, 0.1) is 0 Å². The van der Waals surface area contributed by atoms with E-state index in [1.807, 2.05) is 24.5 Å². The maximum absolute atomic E-state index is 12.9. The van der Waals surface area contributed by atoms with Crippen LogP contribution in [0.3, 0.4) is 0 Å². The average molecular weight is 504 g/mol. The third-order valence-electron chi connectivity index (χ3n) is 4.60. The fraction of sp³-hybridized carbons (Fsp3) is 0.375. The van der Waals surface area contributed by atoms with Crippen LogP contribution in [0.15, 0.2) is 75.6 Å². The van der Waals surface area contributed by atoms with E-state index in [9.17, 15) is 13.2 Å². The van der Waals surface area contributed by atoms with Crippen LogP contribution in [-0.2, 0) is 10.9 Å². The molecular weight excluding hydrogens is 478 g/mol. The number of hydrogen-bond donors (Lipinski definition) is 0. The van der Waals surface area contributed by atoms with Gasteiger partial charge in [-0.1, -0.05) is 48.7 Å². The van der Waals surface area contributed by atoms with Gasteiger partial charge in [-0.2, -0.15) is 13.2 Å². The van der Waals surface area contributed by atoms with Crippen LogP contribution < -0.4 is 0 Å². The predicted molar refractivity (Wildman–Crippen MR) is 130 cm³/mol. The van der Waals surface area contributed by atoms with Gasteiger partial charge in [0.25, 0.3) is 0 Å². The van der Waals surface area contributed by atoms with Crippen LogP contribution in [0.25, 0.3) is 0 Å². The normalized spacial score (nSPS) is 15.7. The second kappa shape index (κ2) is 13.2. The van der Waals surface area contributed by atoms with Crippen molar-refractivity contribution in [2.75, 3.05) is 18.7 Å². The lowest BCUT2D eigenvalue weighted by Crippen LogP contribution is -2.05. The van der Waals surface area contributed by atoms with Crippen LogP contribution >= 0.6 is 35.0 Å². The number of unbranched alkanes of at least 4 members (excludes halogenated alkanes) is 1. The molecule has 1 aliphatic rings. The monoisotopic (exact) mass is 503 g/mol. The molecule has 1 aromatic carbocycles. The number of nitrogens with zero attached hydrogens (tertiary/aromatic N) is 1. The highest BCUT2D eigenvalue weighted by molar-refractivity contribution is 8.13. The van der Waals surface area contributed by atoms with E-state index >= 15 is 0 Å². The van der Waals surface area contributed by atoms with Crippen LogP contribution in [0.2, 0.25) is 0 Å². The molecule has 2 nitrogen and oxygen atoms in total. The predicted octanol–water partition coefficient (Wildman–Crippen LogP) is 8.48. The van der Waals surface area contributed by atoms with Gasteiger partial charge in [0, 0.05) is 28.6 Å². The standard InChI is InChI=1S/C24H26Cl2F3NOS/c1-3-4-5-21(12-13-31-22-11-6-17(16-25)14-20(26)15-22)30-23(32-2)18-7-9-19(10-8-18)24(27,28)29/h6-12,15H,3-5,13-14,16H2,1-2H3/b21-12+,30-23?. The first-order valence-corrected chi connectivity index (χ1v) is 12.3. The first-order valence-electron chi connectivity index (χ1n) is 10.2. The van der Waals surface area contributed by atoms with Gasteiger partial charge in [0.2, 0.25) is 0 Å². The highest BCUT2D eigenvalue weighted by Gasteiger charge is 2.30. The fourth-order valence-electron chi connectivity index (χ4n) is 2.87. The summed E-state index contributed by atoms with van der Waals surface area (Å²) in [7, 11) is 0. The van der Waals surface area contributed by atoms with Crippen LogP contribution in [0.4, 0.5) is 13.2 Å². The first-order chi connectivity index (χ1) is 15.3. The molecule has 0 saturated carbocycles. The molecule has 0 fully saturated rings. The first kappa shape index (κ1) is 26.6. The second-order valence-electron chi connectivity index (χ2n) is 7.10. The number of rotatable bonds is 9. The summed E-state index contributed by atoms with van der Waals surface area (Å²) >= 11 is 13.5. The minimum absolute atomic E-state index is 0.299. The highest BCUT2D eigenvalue weighted by atomic mass is 35.5. The van der Waals surface area contributed by atoms with E-state index in [-0.39, 0.29) is 0 Å². The molecule has 174 valence electrons. The van der Waals surface area contributed by atoms with E-state index in [4.69, 9.17) is 32.9 Å². The summed E-state index contributed by atoms with van der Waals surface area (Å²) in [6.45, 7) is 2.39. The van der Waals surface area contributed by atoms with Gasteiger partial charge >= 0.3 is 6.18 Å². The Labute approximate surface area is 201 Å². The molecule has 0 saturated heterocycles. The van der Waals surface area contributed by atoms with E-state index in [0.29, 0.717) is 40.3 Å². The molecule has 0 bridgehead atoms. The molecule has 2 rings (SSSR count). The molecule has 8 heteroatoms. The van der Waals surface area contributed by atoms with Crippen LogP contribution in [0.1, 0.15) is 43.7 Å². The number of aliphatic imine (C=N–C) groups is 1. The summed E-state index contributed by atoms with van der Waals surface area (Å²) in [5, 5.41) is 1.31. The van der Waals surface area contributed by atoms with Crippen molar-refractivity contribution in [2.45, 2.75) is 38.8 Å². The molecule has 32 heavy (non-hydrogen) atoms. The molecule has 0 amide bonds. The molecule has 0 spiro atoms. The van der Waals surface area contributed by atoms with E-state index in [1.54, 1.807) is 6.08 Å². The molecule has 0 N–H and O–H groups in total. The number of thioether (sulfide) groups is 1. The smallest absolute Gasteiger partial charge is 0.416 e. The molecule has 0 unspecified atom stereocenters. The van der Waals surface area contributed by atoms with Crippen molar-refractivity contribution >= 4 is 40.0 Å². The SMILES string of the molecule is CCCC/C(=C\COC1=CC=C(CCl)CC(Cl)=C1)N=C(SC)c1ccc(C(F)(F)F)cc1. The minimum atomic E-state index is -4.36. The zero-order valence-electron chi connectivity index (χ0n) is 18.0. The Kier molecular flexibility index (Phi) is 11.0. The lowest BCUT2D eigenvalue weighted by Gasteiger charge is -2.10. The fourth-order valence-corrected chi connectivity index (χ4v) is 3.91. The van der Waals surface area contributed by atoms with Gasteiger partial charge < -0.3 is 4.74 Å². The van der Waals surface area contributed by atoms with E-state index < -0.39 is 11.7 Å². The van der Waals surface area contributed by atoms with Crippen molar-refractivity contribution < 1.29 is 17.9 Å². The molecule has 0 aromatic heterocycles. The molecular formula is C24H26Cl2F3NOS. The molecule has 0 atom stereocenters. The lowest BCUT2D eigenvalue weighted by molar-refractivity contribution is -0.137. The topological polar surface area (TPSA) is 21.6 Å². The van der Waals surface area contributed by atoms with Gasteiger partial charge in [-0.05, 0) is 49.5 Å². The molecule has 0 radical (unpaired) electrons. The summed E-state index contributed by atoms with van der Waals surface area (Å²) in [5.74, 6) is 1.04. The molecule has 1 aliphatic carbocycles. The minimum Gasteiger partial charge on any atom is -0.489 e. The average Bonchev–Trinajstić information content (AvgIpc) is 2.95. The quantitative estimate of drug-likeness (QED) is 0.191. The van der Waals surface area contributed by atoms with E-state index in [2.05, 4.69) is 6.92 Å². The summed E-state index contributed by atoms with van der Waals surface area (Å²) in [5.41, 5.74) is 1.81. The van der Waals surface area contributed by atoms with Crippen molar-refractivity contribution in [1.82, 2.24) is 0 Å². The summed E-state index contributed by atoms with van der Waals surface area (Å²) in [4.78, 5) is 4.72. The zero-order chi connectivity index (χ0) is 23.6. The largest absolute Gasteiger partial charge is 0.489 e. The Morgan fingerprint density at radius 3 is 2.53 bits per heavy atom. The third kappa shape index (κ3) is 8.72. The Morgan fingerprint density at radius 1 is 1.22 bits per heavy atom. The van der Waals surface area contributed by atoms with E-state index in [1.165, 1.54) is 23.9 Å². The highest BCUT2D eigenvalue weighted by Crippen LogP contribution is 2.30. The van der Waals surface area contributed by atoms with Gasteiger partial charge in [-0.3, -0.25) is 0 Å². The zero-order valence-corrected chi connectivity index (χ0v) is 20.3. The number of hydrogen-bond acceptors (Lipinski definition) is 3. The van der Waals surface area contributed by atoms with Gasteiger partial charge in [-0.25, -0.2) is 4.99 Å². The molecule has 0 heterocycles. The molecule has 0 aliphatic heterocycles. The Hall–Kier alpha value is -1.63. The maximum Gasteiger partial charge on any atom is 0.416 e. The van der Waals surface area contributed by atoms with E-state index in [0.717, 1.165) is 42.7 Å². The number of benzene rings is 1. The van der Waals surface area contributed by atoms with Crippen LogP contribution in [0.5, 0.6) is 0 Å². The van der Waals surface area contributed by atoms with Crippen molar-refractivity contribution in [2.24, 2.45) is 4.99 Å². The van der Waals surface area contributed by atoms with Crippen molar-refractivity contribution in [3.63, 3.8) is 0 Å². The van der Waals surface area contributed by atoms with Crippen LogP contribution in [-0.4, -0.2) is 23.8 Å². The second-order valence-corrected chi connectivity index (χ2v) is 8.65. The van der Waals surface area contributed by atoms with Crippen molar-refractivity contribution in [1.29, 1.82) is 0 Å². The lowest BCUT2D eigenvalue weighted by atomic mass is 10.1. The number of allylic oxidation sites excluding steroid dienone is 6. The third-order valence-corrected chi connectivity index (χ3v) is 5.90. The van der Waals surface area contributed by atoms with Crippen molar-refractivity contribution in [3.8, 4) is 0 Å². The summed E-state index contributed by atoms with van der Waals surface area (Å²) in [6, 6.07) is 5.07. The summed E-state index contributed by atoms with van der Waals surface area (Å²) in [6.07, 6.45) is 8.20. The number of ether oxygens (including phenoxy) is 1.